The highest BCUT2D eigenvalue weighted by molar-refractivity contribution is 8.01. The van der Waals surface area contributed by atoms with E-state index in [1.165, 1.54) is 0 Å². The molecule has 0 N–H and O–H groups in total. The SMILES string of the molecule is CC(C)OC(=O)C1(C)CCCS1. The lowest BCUT2D eigenvalue weighted by molar-refractivity contribution is -0.149. The number of carbonyl (C=O) groups is 1. The summed E-state index contributed by atoms with van der Waals surface area (Å²) in [5.74, 6) is 1.05. The molecule has 0 saturated carbocycles. The Kier molecular flexibility index (Phi) is 3.04. The van der Waals surface area contributed by atoms with Gasteiger partial charge >= 0.3 is 5.97 Å². The molecule has 1 saturated heterocycles. The molecule has 0 radical (unpaired) electrons. The van der Waals surface area contributed by atoms with Crippen molar-refractivity contribution < 1.29 is 9.53 Å². The summed E-state index contributed by atoms with van der Waals surface area (Å²) in [5.41, 5.74) is 0. The van der Waals surface area contributed by atoms with Gasteiger partial charge in [0.25, 0.3) is 0 Å². The molecule has 0 amide bonds. The van der Waals surface area contributed by atoms with Gasteiger partial charge in [0, 0.05) is 0 Å². The molecule has 0 aromatic carbocycles. The largest absolute Gasteiger partial charge is 0.462 e. The highest BCUT2D eigenvalue weighted by Gasteiger charge is 2.38. The van der Waals surface area contributed by atoms with E-state index in [1.54, 1.807) is 11.8 Å². The van der Waals surface area contributed by atoms with Crippen molar-refractivity contribution in [3.05, 3.63) is 0 Å². The van der Waals surface area contributed by atoms with Crippen molar-refractivity contribution in [3.8, 4) is 0 Å². The van der Waals surface area contributed by atoms with Gasteiger partial charge in [0.15, 0.2) is 0 Å². The van der Waals surface area contributed by atoms with Crippen LogP contribution in [0.1, 0.15) is 33.6 Å². The van der Waals surface area contributed by atoms with Crippen molar-refractivity contribution in [2.75, 3.05) is 5.75 Å². The maximum atomic E-state index is 11.5. The normalized spacial score (nSPS) is 29.3. The van der Waals surface area contributed by atoms with Crippen LogP contribution in [0, 0.1) is 0 Å². The first-order chi connectivity index (χ1) is 5.54. The first kappa shape index (κ1) is 9.90. The minimum absolute atomic E-state index is 0.00975. The summed E-state index contributed by atoms with van der Waals surface area (Å²) >= 11 is 1.72. The number of carbonyl (C=O) groups excluding carboxylic acids is 1. The van der Waals surface area contributed by atoms with Gasteiger partial charge in [-0.15, -0.1) is 11.8 Å². The maximum absolute atomic E-state index is 11.5. The number of hydrogen-bond donors (Lipinski definition) is 0. The van der Waals surface area contributed by atoms with Crippen molar-refractivity contribution in [2.24, 2.45) is 0 Å². The molecule has 0 spiro atoms. The Morgan fingerprint density at radius 1 is 1.58 bits per heavy atom. The van der Waals surface area contributed by atoms with Gasteiger partial charge in [-0.3, -0.25) is 4.79 Å². The summed E-state index contributed by atoms with van der Waals surface area (Å²) in [4.78, 5) is 11.5. The van der Waals surface area contributed by atoms with Gasteiger partial charge in [0.05, 0.1) is 6.10 Å². The molecule has 2 nitrogen and oxygen atoms in total. The standard InChI is InChI=1S/C9H16O2S/c1-7(2)11-8(10)9(3)5-4-6-12-9/h7H,4-6H2,1-3H3. The average molecular weight is 188 g/mol. The minimum atomic E-state index is -0.260. The van der Waals surface area contributed by atoms with Crippen LogP contribution in [0.4, 0.5) is 0 Å². The lowest BCUT2D eigenvalue weighted by Crippen LogP contribution is -2.32. The van der Waals surface area contributed by atoms with Gasteiger partial charge in [-0.2, -0.15) is 0 Å². The molecule has 1 heterocycles. The molecular formula is C9H16O2S. The highest BCUT2D eigenvalue weighted by atomic mass is 32.2. The quantitative estimate of drug-likeness (QED) is 0.622. The van der Waals surface area contributed by atoms with E-state index in [0.29, 0.717) is 0 Å². The van der Waals surface area contributed by atoms with Gasteiger partial charge in [0.1, 0.15) is 4.75 Å². The molecule has 0 aromatic rings. The first-order valence-electron chi connectivity index (χ1n) is 4.40. The summed E-state index contributed by atoms with van der Waals surface area (Å²) in [5, 5.41) is 0. The molecule has 0 bridgehead atoms. The van der Waals surface area contributed by atoms with Crippen LogP contribution in [0.15, 0.2) is 0 Å². The summed E-state index contributed by atoms with van der Waals surface area (Å²) in [6.45, 7) is 5.76. The van der Waals surface area contributed by atoms with Crippen LogP contribution in [0.2, 0.25) is 0 Å². The molecule has 1 unspecified atom stereocenters. The predicted octanol–water partition coefficient (Wildman–Crippen LogP) is 2.22. The van der Waals surface area contributed by atoms with E-state index in [9.17, 15) is 4.79 Å². The number of thioether (sulfide) groups is 1. The second-order valence-corrected chi connectivity index (χ2v) is 5.23. The Morgan fingerprint density at radius 3 is 2.67 bits per heavy atom. The zero-order valence-electron chi connectivity index (χ0n) is 7.92. The lowest BCUT2D eigenvalue weighted by atomic mass is 10.1. The van der Waals surface area contributed by atoms with Gasteiger partial charge in [-0.1, -0.05) is 0 Å². The predicted molar refractivity (Wildman–Crippen MR) is 51.3 cm³/mol. The van der Waals surface area contributed by atoms with Gasteiger partial charge in [-0.05, 0) is 39.4 Å². The summed E-state index contributed by atoms with van der Waals surface area (Å²) in [7, 11) is 0. The van der Waals surface area contributed by atoms with Crippen molar-refractivity contribution in [1.29, 1.82) is 0 Å². The Labute approximate surface area is 78.1 Å². The number of hydrogen-bond acceptors (Lipinski definition) is 3. The molecule has 3 heteroatoms. The second kappa shape index (κ2) is 3.69. The van der Waals surface area contributed by atoms with Gasteiger partial charge < -0.3 is 4.74 Å². The van der Waals surface area contributed by atoms with E-state index < -0.39 is 0 Å². The monoisotopic (exact) mass is 188 g/mol. The minimum Gasteiger partial charge on any atom is -0.462 e. The average Bonchev–Trinajstić information content (AvgIpc) is 2.36. The molecule has 12 heavy (non-hydrogen) atoms. The third-order valence-electron chi connectivity index (χ3n) is 1.99. The summed E-state index contributed by atoms with van der Waals surface area (Å²) < 4.78 is 4.92. The highest BCUT2D eigenvalue weighted by Crippen LogP contribution is 2.38. The first-order valence-corrected chi connectivity index (χ1v) is 5.38. The van der Waals surface area contributed by atoms with Crippen LogP contribution >= 0.6 is 11.8 Å². The molecule has 1 aliphatic rings. The van der Waals surface area contributed by atoms with Crippen molar-refractivity contribution in [2.45, 2.75) is 44.5 Å². The van der Waals surface area contributed by atoms with E-state index in [0.717, 1.165) is 18.6 Å². The Balaban J connectivity index is 2.50. The number of ether oxygens (including phenoxy) is 1. The smallest absolute Gasteiger partial charge is 0.322 e. The van der Waals surface area contributed by atoms with Crippen molar-refractivity contribution in [1.82, 2.24) is 0 Å². The maximum Gasteiger partial charge on any atom is 0.322 e. The molecule has 1 aliphatic heterocycles. The van der Waals surface area contributed by atoms with Crippen LogP contribution in [0.5, 0.6) is 0 Å². The van der Waals surface area contributed by atoms with Gasteiger partial charge in [0.2, 0.25) is 0 Å². The van der Waals surface area contributed by atoms with Gasteiger partial charge in [-0.25, -0.2) is 0 Å². The number of esters is 1. The topological polar surface area (TPSA) is 26.3 Å². The molecule has 1 rings (SSSR count). The lowest BCUT2D eigenvalue weighted by Gasteiger charge is -2.21. The Hall–Kier alpha value is -0.180. The van der Waals surface area contributed by atoms with Crippen LogP contribution in [-0.2, 0) is 9.53 Å². The van der Waals surface area contributed by atoms with Crippen LogP contribution in [0.3, 0.4) is 0 Å². The van der Waals surface area contributed by atoms with Crippen molar-refractivity contribution >= 4 is 17.7 Å². The zero-order valence-corrected chi connectivity index (χ0v) is 8.74. The Morgan fingerprint density at radius 2 is 2.25 bits per heavy atom. The molecule has 0 aliphatic carbocycles. The molecule has 0 aromatic heterocycles. The molecular weight excluding hydrogens is 172 g/mol. The third kappa shape index (κ3) is 2.16. The molecule has 1 atom stereocenters. The second-order valence-electron chi connectivity index (χ2n) is 3.64. The van der Waals surface area contributed by atoms with Crippen LogP contribution in [-0.4, -0.2) is 22.6 Å². The van der Waals surface area contributed by atoms with E-state index >= 15 is 0 Å². The fraction of sp³-hybridized carbons (Fsp3) is 0.889. The summed E-state index contributed by atoms with van der Waals surface area (Å²) in [6, 6.07) is 0. The molecule has 1 fully saturated rings. The van der Waals surface area contributed by atoms with E-state index in [-0.39, 0.29) is 16.8 Å². The van der Waals surface area contributed by atoms with E-state index in [1.807, 2.05) is 20.8 Å². The fourth-order valence-electron chi connectivity index (χ4n) is 1.28. The number of rotatable bonds is 2. The summed E-state index contributed by atoms with van der Waals surface area (Å²) in [6.07, 6.45) is 2.10. The van der Waals surface area contributed by atoms with Crippen LogP contribution < -0.4 is 0 Å². The fourth-order valence-corrected chi connectivity index (χ4v) is 2.47. The van der Waals surface area contributed by atoms with E-state index in [2.05, 4.69) is 0 Å². The van der Waals surface area contributed by atoms with Crippen LogP contribution in [0.25, 0.3) is 0 Å². The zero-order chi connectivity index (χ0) is 9.19. The third-order valence-corrected chi connectivity index (χ3v) is 3.49. The Bertz CT molecular complexity index is 171. The molecule has 70 valence electrons. The van der Waals surface area contributed by atoms with Crippen molar-refractivity contribution in [3.63, 3.8) is 0 Å². The van der Waals surface area contributed by atoms with E-state index in [4.69, 9.17) is 4.74 Å².